The average molecular weight is 299 g/mol. The Hall–Kier alpha value is -0.420. The van der Waals surface area contributed by atoms with Gasteiger partial charge in [0.05, 0.1) is 12.1 Å². The van der Waals surface area contributed by atoms with E-state index < -0.39 is 0 Å². The summed E-state index contributed by atoms with van der Waals surface area (Å²) in [5.41, 5.74) is 0.877. The van der Waals surface area contributed by atoms with Gasteiger partial charge in [-0.3, -0.25) is 4.90 Å². The standard InChI is InChI=1S/C13H19BrN2O/c1-13(10-17,16-7-5-15-6-8-16)11-3-2-4-12(14)9-11/h2-4,9,15,17H,5-8,10H2,1H3. The number of hydrogen-bond donors (Lipinski definition) is 2. The van der Waals surface area contributed by atoms with Gasteiger partial charge in [0.15, 0.2) is 0 Å². The van der Waals surface area contributed by atoms with E-state index in [4.69, 9.17) is 0 Å². The van der Waals surface area contributed by atoms with E-state index in [1.807, 2.05) is 12.1 Å². The van der Waals surface area contributed by atoms with Crippen molar-refractivity contribution in [3.05, 3.63) is 34.3 Å². The van der Waals surface area contributed by atoms with Crippen molar-refractivity contribution in [3.63, 3.8) is 0 Å². The molecule has 2 rings (SSSR count). The minimum absolute atomic E-state index is 0.142. The zero-order valence-electron chi connectivity index (χ0n) is 10.1. The van der Waals surface area contributed by atoms with Crippen molar-refractivity contribution in [2.75, 3.05) is 32.8 Å². The molecule has 1 unspecified atom stereocenters. The Labute approximate surface area is 111 Å². The van der Waals surface area contributed by atoms with E-state index in [-0.39, 0.29) is 12.1 Å². The minimum Gasteiger partial charge on any atom is -0.394 e. The first kappa shape index (κ1) is 13.0. The van der Waals surface area contributed by atoms with Gasteiger partial charge in [0, 0.05) is 30.7 Å². The lowest BCUT2D eigenvalue weighted by Crippen LogP contribution is -2.54. The van der Waals surface area contributed by atoms with E-state index in [1.54, 1.807) is 0 Å². The Morgan fingerprint density at radius 1 is 1.41 bits per heavy atom. The summed E-state index contributed by atoms with van der Waals surface area (Å²) in [5.74, 6) is 0. The smallest absolute Gasteiger partial charge is 0.0666 e. The summed E-state index contributed by atoms with van der Waals surface area (Å²) in [7, 11) is 0. The molecule has 1 atom stereocenters. The largest absolute Gasteiger partial charge is 0.394 e. The molecular formula is C13H19BrN2O. The van der Waals surface area contributed by atoms with Crippen molar-refractivity contribution in [2.24, 2.45) is 0 Å². The predicted molar refractivity (Wildman–Crippen MR) is 73.0 cm³/mol. The first-order valence-electron chi connectivity index (χ1n) is 5.99. The van der Waals surface area contributed by atoms with Crippen LogP contribution in [-0.4, -0.2) is 42.8 Å². The topological polar surface area (TPSA) is 35.5 Å². The maximum absolute atomic E-state index is 9.80. The highest BCUT2D eigenvalue weighted by Crippen LogP contribution is 2.29. The van der Waals surface area contributed by atoms with E-state index >= 15 is 0 Å². The summed E-state index contributed by atoms with van der Waals surface area (Å²) in [6.07, 6.45) is 0. The lowest BCUT2D eigenvalue weighted by atomic mass is 9.90. The van der Waals surface area contributed by atoms with E-state index in [9.17, 15) is 5.11 Å². The van der Waals surface area contributed by atoms with Gasteiger partial charge in [-0.15, -0.1) is 0 Å². The Bertz CT molecular complexity index is 379. The first-order chi connectivity index (χ1) is 8.16. The van der Waals surface area contributed by atoms with Crippen LogP contribution in [0.1, 0.15) is 12.5 Å². The summed E-state index contributed by atoms with van der Waals surface area (Å²) in [5, 5.41) is 13.1. The van der Waals surface area contributed by atoms with Crippen molar-refractivity contribution in [3.8, 4) is 0 Å². The molecule has 0 amide bonds. The molecule has 4 heteroatoms. The molecule has 17 heavy (non-hydrogen) atoms. The molecule has 1 saturated heterocycles. The van der Waals surface area contributed by atoms with Crippen LogP contribution in [0.2, 0.25) is 0 Å². The molecule has 0 spiro atoms. The van der Waals surface area contributed by atoms with Gasteiger partial charge in [0.1, 0.15) is 0 Å². The van der Waals surface area contributed by atoms with Crippen LogP contribution in [0.5, 0.6) is 0 Å². The summed E-state index contributed by atoms with van der Waals surface area (Å²) in [4.78, 5) is 2.35. The van der Waals surface area contributed by atoms with Gasteiger partial charge in [0.25, 0.3) is 0 Å². The predicted octanol–water partition coefficient (Wildman–Crippen LogP) is 1.56. The van der Waals surface area contributed by atoms with Crippen LogP contribution >= 0.6 is 15.9 Å². The van der Waals surface area contributed by atoms with E-state index in [1.165, 1.54) is 0 Å². The Kier molecular flexibility index (Phi) is 4.20. The lowest BCUT2D eigenvalue weighted by Gasteiger charge is -2.43. The van der Waals surface area contributed by atoms with Crippen molar-refractivity contribution in [2.45, 2.75) is 12.5 Å². The number of nitrogens with zero attached hydrogens (tertiary/aromatic N) is 1. The fourth-order valence-electron chi connectivity index (χ4n) is 2.36. The molecule has 0 aromatic heterocycles. The van der Waals surface area contributed by atoms with E-state index in [0.717, 1.165) is 36.2 Å². The molecule has 1 aromatic rings. The minimum atomic E-state index is -0.286. The number of halogens is 1. The maximum atomic E-state index is 9.80. The quantitative estimate of drug-likeness (QED) is 0.889. The third kappa shape index (κ3) is 2.71. The molecule has 1 aliphatic heterocycles. The third-order valence-electron chi connectivity index (χ3n) is 3.57. The number of aliphatic hydroxyl groups is 1. The number of piperazine rings is 1. The highest BCUT2D eigenvalue weighted by molar-refractivity contribution is 9.10. The van der Waals surface area contributed by atoms with Crippen LogP contribution in [0.25, 0.3) is 0 Å². The fourth-order valence-corrected chi connectivity index (χ4v) is 2.75. The zero-order chi connectivity index (χ0) is 12.3. The number of benzene rings is 1. The van der Waals surface area contributed by atoms with Gasteiger partial charge in [-0.05, 0) is 24.6 Å². The molecular weight excluding hydrogens is 280 g/mol. The van der Waals surface area contributed by atoms with Crippen molar-refractivity contribution >= 4 is 15.9 Å². The van der Waals surface area contributed by atoms with Crippen LogP contribution in [0, 0.1) is 0 Å². The second-order valence-electron chi connectivity index (χ2n) is 4.68. The number of nitrogens with one attached hydrogen (secondary N) is 1. The Balaban J connectivity index is 2.29. The molecule has 3 nitrogen and oxygen atoms in total. The van der Waals surface area contributed by atoms with Gasteiger partial charge < -0.3 is 10.4 Å². The molecule has 0 saturated carbocycles. The normalized spacial score (nSPS) is 21.1. The van der Waals surface area contributed by atoms with Crippen molar-refractivity contribution in [1.82, 2.24) is 10.2 Å². The van der Waals surface area contributed by atoms with Gasteiger partial charge in [0.2, 0.25) is 0 Å². The third-order valence-corrected chi connectivity index (χ3v) is 4.06. The van der Waals surface area contributed by atoms with E-state index in [2.05, 4.69) is 45.2 Å². The molecule has 0 radical (unpaired) electrons. The van der Waals surface area contributed by atoms with Gasteiger partial charge in [-0.2, -0.15) is 0 Å². The second-order valence-corrected chi connectivity index (χ2v) is 5.60. The summed E-state index contributed by atoms with van der Waals surface area (Å²) in [6, 6.07) is 8.22. The maximum Gasteiger partial charge on any atom is 0.0666 e. The highest BCUT2D eigenvalue weighted by atomic mass is 79.9. The molecule has 1 fully saturated rings. The van der Waals surface area contributed by atoms with Crippen LogP contribution in [-0.2, 0) is 5.54 Å². The Morgan fingerprint density at radius 3 is 2.71 bits per heavy atom. The lowest BCUT2D eigenvalue weighted by molar-refractivity contribution is 0.0311. The average Bonchev–Trinajstić information content (AvgIpc) is 2.39. The Morgan fingerprint density at radius 2 is 2.12 bits per heavy atom. The van der Waals surface area contributed by atoms with Crippen LogP contribution in [0.15, 0.2) is 28.7 Å². The summed E-state index contributed by atoms with van der Waals surface area (Å²) < 4.78 is 1.06. The van der Waals surface area contributed by atoms with Gasteiger partial charge in [-0.25, -0.2) is 0 Å². The molecule has 0 aliphatic carbocycles. The fraction of sp³-hybridized carbons (Fsp3) is 0.538. The highest BCUT2D eigenvalue weighted by Gasteiger charge is 2.33. The molecule has 94 valence electrons. The monoisotopic (exact) mass is 298 g/mol. The molecule has 1 heterocycles. The van der Waals surface area contributed by atoms with Crippen LogP contribution in [0.4, 0.5) is 0 Å². The van der Waals surface area contributed by atoms with Crippen LogP contribution < -0.4 is 5.32 Å². The molecule has 1 aromatic carbocycles. The van der Waals surface area contributed by atoms with E-state index in [0.29, 0.717) is 0 Å². The SMILES string of the molecule is CC(CO)(c1cccc(Br)c1)N1CCNCC1. The zero-order valence-corrected chi connectivity index (χ0v) is 11.7. The summed E-state index contributed by atoms with van der Waals surface area (Å²) in [6.45, 7) is 6.18. The second kappa shape index (κ2) is 5.48. The number of hydrogen-bond acceptors (Lipinski definition) is 3. The van der Waals surface area contributed by atoms with Crippen LogP contribution in [0.3, 0.4) is 0 Å². The summed E-state index contributed by atoms with van der Waals surface area (Å²) >= 11 is 3.50. The molecule has 2 N–H and O–H groups in total. The number of aliphatic hydroxyl groups excluding tert-OH is 1. The molecule has 0 bridgehead atoms. The first-order valence-corrected chi connectivity index (χ1v) is 6.79. The molecule has 1 aliphatic rings. The van der Waals surface area contributed by atoms with Crippen molar-refractivity contribution < 1.29 is 5.11 Å². The van der Waals surface area contributed by atoms with Gasteiger partial charge >= 0.3 is 0 Å². The van der Waals surface area contributed by atoms with Gasteiger partial charge in [-0.1, -0.05) is 28.1 Å². The van der Waals surface area contributed by atoms with Crippen molar-refractivity contribution in [1.29, 1.82) is 0 Å². The number of rotatable bonds is 3.